The highest BCUT2D eigenvalue weighted by Gasteiger charge is 2.21. The largest absolute Gasteiger partial charge is 0.477 e. The van der Waals surface area contributed by atoms with Crippen LogP contribution in [0.3, 0.4) is 0 Å². The minimum Gasteiger partial charge on any atom is -0.477 e. The van der Waals surface area contributed by atoms with Crippen molar-refractivity contribution in [2.75, 3.05) is 31.1 Å². The van der Waals surface area contributed by atoms with E-state index in [1.54, 1.807) is 12.4 Å². The van der Waals surface area contributed by atoms with Gasteiger partial charge in [0.2, 0.25) is 5.95 Å². The van der Waals surface area contributed by atoms with E-state index in [9.17, 15) is 4.79 Å². The quantitative estimate of drug-likeness (QED) is 0.924. The Balaban J connectivity index is 1.59. The molecule has 0 unspecified atom stereocenters. The van der Waals surface area contributed by atoms with Crippen LogP contribution in [0.1, 0.15) is 15.2 Å². The van der Waals surface area contributed by atoms with Crippen molar-refractivity contribution >= 4 is 23.3 Å². The van der Waals surface area contributed by atoms with E-state index >= 15 is 0 Å². The fraction of sp³-hybridized carbons (Fsp3) is 0.357. The number of piperazine rings is 1. The lowest BCUT2D eigenvalue weighted by atomic mass is 10.2. The van der Waals surface area contributed by atoms with E-state index in [2.05, 4.69) is 19.8 Å². The van der Waals surface area contributed by atoms with Crippen LogP contribution in [0.2, 0.25) is 0 Å². The van der Waals surface area contributed by atoms with Crippen molar-refractivity contribution in [3.8, 4) is 0 Å². The molecule has 1 aliphatic rings. The van der Waals surface area contributed by atoms with Gasteiger partial charge in [-0.2, -0.15) is 0 Å². The smallest absolute Gasteiger partial charge is 0.346 e. The summed E-state index contributed by atoms with van der Waals surface area (Å²) in [5, 5.41) is 11.0. The van der Waals surface area contributed by atoms with E-state index < -0.39 is 5.97 Å². The SMILES string of the molecule is O=C(O)c1sccc1CN1CCN(c2ncccn2)CC1. The molecule has 1 N–H and O–H groups in total. The predicted octanol–water partition coefficient (Wildman–Crippen LogP) is 1.56. The highest BCUT2D eigenvalue weighted by atomic mass is 32.1. The first-order valence-electron chi connectivity index (χ1n) is 6.78. The van der Waals surface area contributed by atoms with Crippen molar-refractivity contribution in [3.63, 3.8) is 0 Å². The third-order valence-electron chi connectivity index (χ3n) is 3.54. The third kappa shape index (κ3) is 3.20. The zero-order valence-corrected chi connectivity index (χ0v) is 12.3. The van der Waals surface area contributed by atoms with Gasteiger partial charge in [0.15, 0.2) is 0 Å². The number of nitrogens with zero attached hydrogens (tertiary/aromatic N) is 4. The third-order valence-corrected chi connectivity index (χ3v) is 4.49. The van der Waals surface area contributed by atoms with Gasteiger partial charge < -0.3 is 10.0 Å². The van der Waals surface area contributed by atoms with Crippen LogP contribution in [-0.4, -0.2) is 52.1 Å². The average Bonchev–Trinajstić information content (AvgIpc) is 2.97. The number of carboxylic acids is 1. The van der Waals surface area contributed by atoms with Crippen LogP contribution in [0, 0.1) is 0 Å². The fourth-order valence-electron chi connectivity index (χ4n) is 2.45. The Morgan fingerprint density at radius 2 is 1.95 bits per heavy atom. The summed E-state index contributed by atoms with van der Waals surface area (Å²) in [6.45, 7) is 4.17. The second-order valence-electron chi connectivity index (χ2n) is 4.89. The lowest BCUT2D eigenvalue weighted by molar-refractivity contribution is 0.0700. The zero-order chi connectivity index (χ0) is 14.7. The summed E-state index contributed by atoms with van der Waals surface area (Å²) in [5.74, 6) is -0.0739. The molecule has 0 radical (unpaired) electrons. The maximum atomic E-state index is 11.1. The minimum atomic E-state index is -0.837. The molecule has 0 aromatic carbocycles. The standard InChI is InChI=1S/C14H16N4O2S/c19-13(20)12-11(2-9-21-12)10-17-5-7-18(8-6-17)14-15-3-1-4-16-14/h1-4,9H,5-8,10H2,(H,19,20). The van der Waals surface area contributed by atoms with Crippen molar-refractivity contribution in [2.45, 2.75) is 6.54 Å². The van der Waals surface area contributed by atoms with E-state index in [4.69, 9.17) is 5.11 Å². The van der Waals surface area contributed by atoms with Gasteiger partial charge in [-0.05, 0) is 23.1 Å². The molecular formula is C14H16N4O2S. The molecule has 3 rings (SSSR count). The van der Waals surface area contributed by atoms with Crippen LogP contribution in [0.15, 0.2) is 29.9 Å². The molecular weight excluding hydrogens is 288 g/mol. The Kier molecular flexibility index (Phi) is 4.12. The summed E-state index contributed by atoms with van der Waals surface area (Å²) in [4.78, 5) is 24.5. The first kappa shape index (κ1) is 14.0. The lowest BCUT2D eigenvalue weighted by Crippen LogP contribution is -2.46. The predicted molar refractivity (Wildman–Crippen MR) is 80.8 cm³/mol. The van der Waals surface area contributed by atoms with E-state index in [0.717, 1.165) is 37.7 Å². The summed E-state index contributed by atoms with van der Waals surface area (Å²) in [6, 6.07) is 3.71. The maximum absolute atomic E-state index is 11.1. The van der Waals surface area contributed by atoms with Crippen LogP contribution in [0.4, 0.5) is 5.95 Å². The number of aromatic carboxylic acids is 1. The van der Waals surface area contributed by atoms with Gasteiger partial charge in [-0.25, -0.2) is 14.8 Å². The van der Waals surface area contributed by atoms with Gasteiger partial charge in [0.05, 0.1) is 0 Å². The van der Waals surface area contributed by atoms with E-state index in [0.29, 0.717) is 11.4 Å². The molecule has 2 aromatic rings. The number of thiophene rings is 1. The molecule has 6 nitrogen and oxygen atoms in total. The second-order valence-corrected chi connectivity index (χ2v) is 5.81. The summed E-state index contributed by atoms with van der Waals surface area (Å²) in [6.07, 6.45) is 3.50. The van der Waals surface area contributed by atoms with Gasteiger partial charge in [0, 0.05) is 45.1 Å². The van der Waals surface area contributed by atoms with Gasteiger partial charge in [0.25, 0.3) is 0 Å². The molecule has 0 amide bonds. The molecule has 0 bridgehead atoms. The minimum absolute atomic E-state index is 0.448. The highest BCUT2D eigenvalue weighted by Crippen LogP contribution is 2.20. The molecule has 0 saturated carbocycles. The van der Waals surface area contributed by atoms with Crippen molar-refractivity contribution in [1.82, 2.24) is 14.9 Å². The molecule has 3 heterocycles. The van der Waals surface area contributed by atoms with Crippen LogP contribution in [-0.2, 0) is 6.54 Å². The summed E-state index contributed by atoms with van der Waals surface area (Å²) >= 11 is 1.29. The second kappa shape index (κ2) is 6.19. The van der Waals surface area contributed by atoms with E-state index in [1.807, 2.05) is 17.5 Å². The topological polar surface area (TPSA) is 69.6 Å². The Morgan fingerprint density at radius 1 is 1.24 bits per heavy atom. The molecule has 2 aromatic heterocycles. The Bertz CT molecular complexity index is 608. The monoisotopic (exact) mass is 304 g/mol. The average molecular weight is 304 g/mol. The lowest BCUT2D eigenvalue weighted by Gasteiger charge is -2.34. The van der Waals surface area contributed by atoms with Crippen LogP contribution in [0.25, 0.3) is 0 Å². The molecule has 1 saturated heterocycles. The zero-order valence-electron chi connectivity index (χ0n) is 11.5. The Labute approximate surface area is 126 Å². The van der Waals surface area contributed by atoms with Crippen LogP contribution >= 0.6 is 11.3 Å². The molecule has 110 valence electrons. The summed E-state index contributed by atoms with van der Waals surface area (Å²) in [7, 11) is 0. The molecule has 1 fully saturated rings. The Morgan fingerprint density at radius 3 is 2.62 bits per heavy atom. The Hall–Kier alpha value is -1.99. The first-order chi connectivity index (χ1) is 10.2. The van der Waals surface area contributed by atoms with Crippen molar-refractivity contribution in [2.24, 2.45) is 0 Å². The summed E-state index contributed by atoms with van der Waals surface area (Å²) < 4.78 is 0. The number of rotatable bonds is 4. The van der Waals surface area contributed by atoms with Gasteiger partial charge in [-0.1, -0.05) is 0 Å². The number of carbonyl (C=O) groups is 1. The van der Waals surface area contributed by atoms with Crippen molar-refractivity contribution in [3.05, 3.63) is 40.3 Å². The van der Waals surface area contributed by atoms with E-state index in [1.165, 1.54) is 11.3 Å². The number of hydrogen-bond donors (Lipinski definition) is 1. The normalized spacial score (nSPS) is 16.1. The number of carboxylic acid groups (broad SMARTS) is 1. The van der Waals surface area contributed by atoms with Gasteiger partial charge in [-0.3, -0.25) is 4.90 Å². The number of hydrogen-bond acceptors (Lipinski definition) is 6. The van der Waals surface area contributed by atoms with E-state index in [-0.39, 0.29) is 0 Å². The van der Waals surface area contributed by atoms with Crippen molar-refractivity contribution < 1.29 is 9.90 Å². The fourth-order valence-corrected chi connectivity index (χ4v) is 3.20. The van der Waals surface area contributed by atoms with Crippen LogP contribution in [0.5, 0.6) is 0 Å². The highest BCUT2D eigenvalue weighted by molar-refractivity contribution is 7.12. The molecule has 0 aliphatic carbocycles. The number of aromatic nitrogens is 2. The molecule has 0 spiro atoms. The number of anilines is 1. The van der Waals surface area contributed by atoms with Gasteiger partial charge >= 0.3 is 5.97 Å². The van der Waals surface area contributed by atoms with Crippen molar-refractivity contribution in [1.29, 1.82) is 0 Å². The molecule has 21 heavy (non-hydrogen) atoms. The molecule has 0 atom stereocenters. The van der Waals surface area contributed by atoms with Crippen LogP contribution < -0.4 is 4.90 Å². The molecule has 1 aliphatic heterocycles. The molecule has 7 heteroatoms. The van der Waals surface area contributed by atoms with Gasteiger partial charge in [0.1, 0.15) is 4.88 Å². The maximum Gasteiger partial charge on any atom is 0.346 e. The summed E-state index contributed by atoms with van der Waals surface area (Å²) in [5.41, 5.74) is 0.900. The first-order valence-corrected chi connectivity index (χ1v) is 7.66. The van der Waals surface area contributed by atoms with Gasteiger partial charge in [-0.15, -0.1) is 11.3 Å².